The molecule has 0 bridgehead atoms. The maximum Gasteiger partial charge on any atom is 0.484 e. The zero-order valence-corrected chi connectivity index (χ0v) is 37.7. The third-order valence-corrected chi connectivity index (χ3v) is 12.7. The van der Waals surface area contributed by atoms with Gasteiger partial charge < -0.3 is 38.2 Å². The molecule has 5 atom stereocenters. The number of thiocarbonyl (C=S) groups is 1. The van der Waals surface area contributed by atoms with Crippen LogP contribution in [-0.4, -0.2) is 90.4 Å². The minimum atomic E-state index is -4.72. The van der Waals surface area contributed by atoms with E-state index in [0.29, 0.717) is 11.5 Å². The van der Waals surface area contributed by atoms with Crippen LogP contribution in [0.3, 0.4) is 0 Å². The van der Waals surface area contributed by atoms with E-state index >= 15 is 0 Å². The number of H-pyrrole nitrogens is 1. The maximum absolute atomic E-state index is 13.5. The van der Waals surface area contributed by atoms with Crippen LogP contribution in [-0.2, 0) is 24.1 Å². The highest BCUT2D eigenvalue weighted by Gasteiger charge is 2.50. The molecule has 1 fully saturated rings. The molecule has 1 aromatic heterocycles. The Kier molecular flexibility index (Phi) is 17.7. The smallest absolute Gasteiger partial charge is 0.484 e. The summed E-state index contributed by atoms with van der Waals surface area (Å²) in [4.78, 5) is 31.6. The van der Waals surface area contributed by atoms with Crippen molar-refractivity contribution < 1.29 is 41.2 Å². The van der Waals surface area contributed by atoms with E-state index in [-0.39, 0.29) is 51.2 Å². The molecule has 1 aliphatic rings. The van der Waals surface area contributed by atoms with Crippen LogP contribution in [0.15, 0.2) is 101 Å². The number of hydrogen-bond donors (Lipinski definition) is 3. The number of hydrogen-bond acceptors (Lipinski definition) is 10. The fraction of sp³-hybridized carbons (Fsp3) is 0.455. The van der Waals surface area contributed by atoms with Crippen LogP contribution in [0.5, 0.6) is 11.5 Å². The number of halogens is 3. The number of methoxy groups -OCH3 is 2. The van der Waals surface area contributed by atoms with Crippen LogP contribution in [0, 0.1) is 12.5 Å². The van der Waals surface area contributed by atoms with Gasteiger partial charge in [-0.25, -0.2) is 16.0 Å². The number of benzene rings is 3. The van der Waals surface area contributed by atoms with Gasteiger partial charge in [0.15, 0.2) is 5.11 Å². The fourth-order valence-electron chi connectivity index (χ4n) is 7.67. The van der Waals surface area contributed by atoms with E-state index in [9.17, 15) is 22.8 Å². The van der Waals surface area contributed by atoms with Gasteiger partial charge in [-0.05, 0) is 93.7 Å². The van der Waals surface area contributed by atoms with Gasteiger partial charge in [-0.2, -0.15) is 13.2 Å². The van der Waals surface area contributed by atoms with Crippen molar-refractivity contribution in [2.75, 3.05) is 40.5 Å². The minimum Gasteiger partial charge on any atom is -0.497 e. The monoisotopic (exact) mass is 914 g/mol. The van der Waals surface area contributed by atoms with Crippen molar-refractivity contribution in [3.63, 3.8) is 0 Å². The van der Waals surface area contributed by atoms with Crippen LogP contribution in [0.2, 0.25) is 0 Å². The Morgan fingerprint density at radius 2 is 1.52 bits per heavy atom. The lowest BCUT2D eigenvalue weighted by atomic mass is 9.80. The van der Waals surface area contributed by atoms with Gasteiger partial charge in [0.25, 0.3) is 14.1 Å². The van der Waals surface area contributed by atoms with E-state index < -0.39 is 61.1 Å². The molecule has 1 saturated heterocycles. The Labute approximate surface area is 371 Å². The predicted molar refractivity (Wildman–Crippen MR) is 237 cm³/mol. The SMILES string of the molecule is [C-]#[N+]CCOP(O[C@@H]1C(CCCNC(=S)NC(F)(F)F)[C@H](n2ccc(=O)[nH]c2=O)O[C@@H]1COC(c1ccccc1)(c1ccc(OC)cc1)c1ccc(OC)cc1)N(C(C)C)C(C)C. The largest absolute Gasteiger partial charge is 0.497 e. The molecule has 2 unspecified atom stereocenters. The topological polar surface area (TPSA) is 142 Å². The van der Waals surface area contributed by atoms with Crippen molar-refractivity contribution in [2.24, 2.45) is 5.92 Å². The zero-order valence-electron chi connectivity index (χ0n) is 36.0. The Morgan fingerprint density at radius 3 is 2.05 bits per heavy atom. The lowest BCUT2D eigenvalue weighted by Crippen LogP contribution is -2.44. The molecule has 19 heteroatoms. The van der Waals surface area contributed by atoms with Gasteiger partial charge in [0, 0.05) is 36.8 Å². The van der Waals surface area contributed by atoms with Crippen LogP contribution >= 0.6 is 20.7 Å². The molecule has 0 radical (unpaired) electrons. The first kappa shape index (κ1) is 49.2. The van der Waals surface area contributed by atoms with E-state index in [0.717, 1.165) is 16.7 Å². The lowest BCUT2D eigenvalue weighted by molar-refractivity contribution is -0.141. The average molecular weight is 915 g/mol. The third kappa shape index (κ3) is 12.7. The summed E-state index contributed by atoms with van der Waals surface area (Å²) in [7, 11) is 1.27. The van der Waals surface area contributed by atoms with E-state index in [1.54, 1.807) is 14.2 Å². The maximum atomic E-state index is 13.5. The molecule has 0 spiro atoms. The Morgan fingerprint density at radius 1 is 0.937 bits per heavy atom. The van der Waals surface area contributed by atoms with Crippen molar-refractivity contribution in [1.29, 1.82) is 0 Å². The molecule has 0 saturated carbocycles. The van der Waals surface area contributed by atoms with E-state index in [1.807, 2.05) is 107 Å². The fourth-order valence-corrected chi connectivity index (χ4v) is 9.68. The summed E-state index contributed by atoms with van der Waals surface area (Å²) in [6.07, 6.45) is -5.73. The molecule has 340 valence electrons. The van der Waals surface area contributed by atoms with Crippen molar-refractivity contribution in [1.82, 2.24) is 24.9 Å². The third-order valence-electron chi connectivity index (χ3n) is 10.4. The van der Waals surface area contributed by atoms with Gasteiger partial charge in [-0.1, -0.05) is 54.6 Å². The Hall–Kier alpha value is -4.86. The number of rotatable bonds is 21. The summed E-state index contributed by atoms with van der Waals surface area (Å²) in [5.74, 6) is 0.601. The summed E-state index contributed by atoms with van der Waals surface area (Å²) in [5.41, 5.74) is -0.328. The molecule has 4 aromatic rings. The number of alkyl halides is 3. The summed E-state index contributed by atoms with van der Waals surface area (Å²) < 4.78 is 81.2. The van der Waals surface area contributed by atoms with E-state index in [4.69, 9.17) is 46.8 Å². The summed E-state index contributed by atoms with van der Waals surface area (Å²) in [6.45, 7) is 15.5. The van der Waals surface area contributed by atoms with Gasteiger partial charge in [0.05, 0.1) is 20.8 Å². The van der Waals surface area contributed by atoms with E-state index in [2.05, 4.69) is 19.8 Å². The normalized spacial score (nSPS) is 18.3. The first-order valence-electron chi connectivity index (χ1n) is 20.4. The quantitative estimate of drug-likeness (QED) is 0.0190. The van der Waals surface area contributed by atoms with Gasteiger partial charge in [0.2, 0.25) is 6.54 Å². The molecule has 0 aliphatic carbocycles. The van der Waals surface area contributed by atoms with Gasteiger partial charge >= 0.3 is 12.0 Å². The van der Waals surface area contributed by atoms with Crippen molar-refractivity contribution in [3.05, 3.63) is 140 Å². The van der Waals surface area contributed by atoms with Gasteiger partial charge in [-0.3, -0.25) is 19.7 Å². The second-order valence-corrected chi connectivity index (χ2v) is 17.0. The second-order valence-electron chi connectivity index (χ2n) is 15.2. The molecule has 2 heterocycles. The van der Waals surface area contributed by atoms with Crippen molar-refractivity contribution in [3.8, 4) is 11.5 Å². The highest BCUT2D eigenvalue weighted by molar-refractivity contribution is 7.80. The highest BCUT2D eigenvalue weighted by Crippen LogP contribution is 2.52. The highest BCUT2D eigenvalue weighted by atomic mass is 32.1. The molecule has 3 N–H and O–H groups in total. The number of nitrogens with zero attached hydrogens (tertiary/aromatic N) is 3. The minimum absolute atomic E-state index is 0.0337. The number of ether oxygens (including phenoxy) is 4. The molecule has 14 nitrogen and oxygen atoms in total. The Balaban J connectivity index is 1.65. The first-order valence-corrected chi connectivity index (χ1v) is 21.9. The Bertz CT molecular complexity index is 2170. The summed E-state index contributed by atoms with van der Waals surface area (Å²) in [6, 6.07) is 25.8. The molecule has 3 aromatic carbocycles. The van der Waals surface area contributed by atoms with Crippen LogP contribution in [0.25, 0.3) is 4.85 Å². The zero-order chi connectivity index (χ0) is 45.7. The number of aromatic nitrogens is 2. The van der Waals surface area contributed by atoms with Crippen molar-refractivity contribution >= 4 is 25.9 Å². The van der Waals surface area contributed by atoms with Crippen LogP contribution in [0.4, 0.5) is 13.2 Å². The van der Waals surface area contributed by atoms with Gasteiger partial charge in [-0.15, -0.1) is 0 Å². The molecular weight excluding hydrogens is 861 g/mol. The number of nitrogens with one attached hydrogen (secondary N) is 3. The molecule has 1 aliphatic heterocycles. The average Bonchev–Trinajstić information content (AvgIpc) is 3.58. The standard InChI is InChI=1S/C44H54F3N6O8PS/c1-29(2)53(30(3)4)62(59-27-25-48-5)61-39-36(14-11-24-49-41(63)51-44(45,46)47)40(52-26-23-38(54)50-42(52)55)60-37(39)28-58-43(31-12-9-8-10-13-31,32-15-19-34(56-6)20-16-32)33-17-21-35(57-7)22-18-33/h8-10,12-13,15-23,26,29-30,36-37,39-40H,11,14,24-25,27-28H2,1-4,6-7H3,(H2,49,51,63)(H,50,54,55)/t36?,37-,39-,40-,62?/m1/s1. The van der Waals surface area contributed by atoms with Crippen LogP contribution in [0.1, 0.15) is 63.5 Å². The lowest BCUT2D eigenvalue weighted by Gasteiger charge is -2.39. The first-order chi connectivity index (χ1) is 30.1. The second kappa shape index (κ2) is 22.7. The predicted octanol–water partition coefficient (Wildman–Crippen LogP) is 7.51. The molecular formula is C44H54F3N6O8PS. The van der Waals surface area contributed by atoms with Crippen molar-refractivity contribution in [2.45, 2.75) is 83.0 Å². The number of aromatic amines is 1. The van der Waals surface area contributed by atoms with Gasteiger partial charge in [0.1, 0.15) is 42.1 Å². The summed E-state index contributed by atoms with van der Waals surface area (Å²) >= 11 is 4.88. The molecule has 5 rings (SSSR count). The van der Waals surface area contributed by atoms with Crippen LogP contribution < -0.4 is 31.4 Å². The summed E-state index contributed by atoms with van der Waals surface area (Å²) in [5, 5.41) is 3.31. The molecule has 63 heavy (non-hydrogen) atoms. The van der Waals surface area contributed by atoms with E-state index in [1.165, 1.54) is 22.1 Å². The molecule has 0 amide bonds.